The van der Waals surface area contributed by atoms with Gasteiger partial charge in [-0.3, -0.25) is 0 Å². The SMILES string of the molecule is Cc1ccc(C=S)c(Cl)c1C. The zero-order chi connectivity index (χ0) is 8.43. The summed E-state index contributed by atoms with van der Waals surface area (Å²) in [5.74, 6) is 0. The van der Waals surface area contributed by atoms with Crippen LogP contribution in [0.1, 0.15) is 16.7 Å². The lowest BCUT2D eigenvalue weighted by atomic mass is 10.1. The molecular formula is C9H9ClS. The Bertz CT molecular complexity index is 292. The first-order valence-corrected chi connectivity index (χ1v) is 4.22. The Balaban J connectivity index is 3.36. The maximum Gasteiger partial charge on any atom is 0.0518 e. The number of halogens is 1. The first-order valence-electron chi connectivity index (χ1n) is 3.37. The topological polar surface area (TPSA) is 0 Å². The number of benzene rings is 1. The Hall–Kier alpha value is -0.400. The second kappa shape index (κ2) is 3.33. The fourth-order valence-electron chi connectivity index (χ4n) is 0.894. The highest BCUT2D eigenvalue weighted by Crippen LogP contribution is 2.21. The van der Waals surface area contributed by atoms with Gasteiger partial charge in [0, 0.05) is 10.9 Å². The molecular weight excluding hydrogens is 176 g/mol. The van der Waals surface area contributed by atoms with E-state index in [1.54, 1.807) is 5.37 Å². The molecule has 11 heavy (non-hydrogen) atoms. The Labute approximate surface area is 77.2 Å². The van der Waals surface area contributed by atoms with Gasteiger partial charge in [0.1, 0.15) is 0 Å². The average Bonchev–Trinajstić information content (AvgIpc) is 2.01. The van der Waals surface area contributed by atoms with Crippen LogP contribution >= 0.6 is 23.8 Å². The van der Waals surface area contributed by atoms with Crippen molar-refractivity contribution in [2.24, 2.45) is 0 Å². The van der Waals surface area contributed by atoms with E-state index in [0.717, 1.165) is 16.1 Å². The molecule has 0 unspecified atom stereocenters. The summed E-state index contributed by atoms with van der Waals surface area (Å²) in [4.78, 5) is 0. The highest BCUT2D eigenvalue weighted by molar-refractivity contribution is 7.79. The number of hydrogen-bond donors (Lipinski definition) is 0. The van der Waals surface area contributed by atoms with Crippen LogP contribution in [-0.2, 0) is 0 Å². The van der Waals surface area contributed by atoms with E-state index in [-0.39, 0.29) is 0 Å². The van der Waals surface area contributed by atoms with E-state index in [9.17, 15) is 0 Å². The van der Waals surface area contributed by atoms with Gasteiger partial charge in [-0.15, -0.1) is 0 Å². The minimum absolute atomic E-state index is 0.778. The smallest absolute Gasteiger partial charge is 0.0518 e. The summed E-state index contributed by atoms with van der Waals surface area (Å²) in [7, 11) is 0. The van der Waals surface area contributed by atoms with Crippen LogP contribution < -0.4 is 0 Å². The molecule has 1 aromatic rings. The van der Waals surface area contributed by atoms with E-state index in [1.807, 2.05) is 26.0 Å². The van der Waals surface area contributed by atoms with Gasteiger partial charge < -0.3 is 0 Å². The molecule has 0 saturated heterocycles. The molecule has 0 aromatic heterocycles. The molecule has 0 amide bonds. The molecule has 2 heteroatoms. The molecule has 0 spiro atoms. The molecule has 0 aliphatic carbocycles. The van der Waals surface area contributed by atoms with Gasteiger partial charge in [0.2, 0.25) is 0 Å². The summed E-state index contributed by atoms with van der Waals surface area (Å²) < 4.78 is 0. The molecule has 0 aliphatic heterocycles. The number of rotatable bonds is 1. The minimum Gasteiger partial charge on any atom is -0.0880 e. The van der Waals surface area contributed by atoms with Gasteiger partial charge in [0.25, 0.3) is 0 Å². The monoisotopic (exact) mass is 184 g/mol. The molecule has 0 saturated carbocycles. The summed E-state index contributed by atoms with van der Waals surface area (Å²) in [6.45, 7) is 4.04. The quantitative estimate of drug-likeness (QED) is 0.604. The van der Waals surface area contributed by atoms with Crippen LogP contribution in [0.4, 0.5) is 0 Å². The Morgan fingerprint density at radius 1 is 1.36 bits per heavy atom. The van der Waals surface area contributed by atoms with Crippen LogP contribution in [0.25, 0.3) is 0 Å². The van der Waals surface area contributed by atoms with Crippen LogP contribution in [-0.4, -0.2) is 5.37 Å². The summed E-state index contributed by atoms with van der Waals surface area (Å²) in [5, 5.41) is 2.38. The van der Waals surface area contributed by atoms with E-state index in [1.165, 1.54) is 5.56 Å². The number of hydrogen-bond acceptors (Lipinski definition) is 1. The van der Waals surface area contributed by atoms with Gasteiger partial charge in [-0.25, -0.2) is 0 Å². The number of aryl methyl sites for hydroxylation is 1. The van der Waals surface area contributed by atoms with Gasteiger partial charge in [0.15, 0.2) is 0 Å². The molecule has 58 valence electrons. The molecule has 0 nitrogen and oxygen atoms in total. The largest absolute Gasteiger partial charge is 0.0880 e. The Kier molecular flexibility index (Phi) is 2.63. The van der Waals surface area contributed by atoms with Crippen LogP contribution in [0.2, 0.25) is 5.02 Å². The summed E-state index contributed by atoms with van der Waals surface area (Å²) in [5.41, 5.74) is 3.26. The molecule has 1 rings (SSSR count). The van der Waals surface area contributed by atoms with Crippen molar-refractivity contribution in [1.82, 2.24) is 0 Å². The van der Waals surface area contributed by atoms with E-state index in [2.05, 4.69) is 0 Å². The second-order valence-corrected chi connectivity index (χ2v) is 3.14. The third-order valence-electron chi connectivity index (χ3n) is 1.81. The maximum absolute atomic E-state index is 6.00. The van der Waals surface area contributed by atoms with E-state index in [0.29, 0.717) is 0 Å². The van der Waals surface area contributed by atoms with Gasteiger partial charge in [-0.1, -0.05) is 36.0 Å². The Morgan fingerprint density at radius 3 is 2.55 bits per heavy atom. The van der Waals surface area contributed by atoms with Crippen molar-refractivity contribution in [2.45, 2.75) is 13.8 Å². The van der Waals surface area contributed by atoms with Crippen molar-refractivity contribution >= 4 is 29.2 Å². The van der Waals surface area contributed by atoms with Crippen LogP contribution in [0.3, 0.4) is 0 Å². The fraction of sp³-hybridized carbons (Fsp3) is 0.222. The zero-order valence-electron chi connectivity index (χ0n) is 6.52. The predicted octanol–water partition coefficient (Wildman–Crippen LogP) is 3.30. The fourth-order valence-corrected chi connectivity index (χ4v) is 1.42. The summed E-state index contributed by atoms with van der Waals surface area (Å²) in [6, 6.07) is 3.97. The predicted molar refractivity (Wildman–Crippen MR) is 53.7 cm³/mol. The van der Waals surface area contributed by atoms with Crippen molar-refractivity contribution in [3.05, 3.63) is 33.8 Å². The van der Waals surface area contributed by atoms with Crippen LogP contribution in [0.15, 0.2) is 12.1 Å². The number of thiocarbonyl (C=S) groups is 1. The first kappa shape index (κ1) is 8.69. The van der Waals surface area contributed by atoms with Crippen molar-refractivity contribution in [2.75, 3.05) is 0 Å². The third kappa shape index (κ3) is 1.60. The lowest BCUT2D eigenvalue weighted by molar-refractivity contribution is 1.34. The average molecular weight is 185 g/mol. The standard InChI is InChI=1S/C9H9ClS/c1-6-3-4-8(5-11)9(10)7(6)2/h3-5H,1-2H3. The summed E-state index contributed by atoms with van der Waals surface area (Å²) >= 11 is 10.8. The molecule has 0 bridgehead atoms. The molecule has 0 atom stereocenters. The second-order valence-electron chi connectivity index (χ2n) is 2.53. The third-order valence-corrected chi connectivity index (χ3v) is 2.57. The van der Waals surface area contributed by atoms with Gasteiger partial charge in [-0.05, 0) is 25.0 Å². The molecule has 0 radical (unpaired) electrons. The maximum atomic E-state index is 6.00. The lowest BCUT2D eigenvalue weighted by Gasteiger charge is -2.04. The molecule has 0 N–H and O–H groups in total. The summed E-state index contributed by atoms with van der Waals surface area (Å²) in [6.07, 6.45) is 0. The molecule has 0 heterocycles. The van der Waals surface area contributed by atoms with E-state index >= 15 is 0 Å². The lowest BCUT2D eigenvalue weighted by Crippen LogP contribution is -1.87. The first-order chi connectivity index (χ1) is 5.16. The highest BCUT2D eigenvalue weighted by Gasteiger charge is 2.01. The van der Waals surface area contributed by atoms with Crippen LogP contribution in [0, 0.1) is 13.8 Å². The Morgan fingerprint density at radius 2 is 2.00 bits per heavy atom. The van der Waals surface area contributed by atoms with Crippen molar-refractivity contribution in [3.63, 3.8) is 0 Å². The van der Waals surface area contributed by atoms with E-state index < -0.39 is 0 Å². The minimum atomic E-state index is 0.778. The van der Waals surface area contributed by atoms with Gasteiger partial charge in [-0.2, -0.15) is 0 Å². The van der Waals surface area contributed by atoms with Crippen molar-refractivity contribution < 1.29 is 0 Å². The zero-order valence-corrected chi connectivity index (χ0v) is 8.09. The highest BCUT2D eigenvalue weighted by atomic mass is 35.5. The van der Waals surface area contributed by atoms with Crippen LogP contribution in [0.5, 0.6) is 0 Å². The van der Waals surface area contributed by atoms with Crippen molar-refractivity contribution in [1.29, 1.82) is 0 Å². The van der Waals surface area contributed by atoms with E-state index in [4.69, 9.17) is 23.8 Å². The van der Waals surface area contributed by atoms with Crippen molar-refractivity contribution in [3.8, 4) is 0 Å². The molecule has 0 aliphatic rings. The molecule has 1 aromatic carbocycles. The van der Waals surface area contributed by atoms with Gasteiger partial charge >= 0.3 is 0 Å². The normalized spacial score (nSPS) is 9.73. The molecule has 0 fully saturated rings. The van der Waals surface area contributed by atoms with Gasteiger partial charge in [0.05, 0.1) is 5.02 Å².